The van der Waals surface area contributed by atoms with E-state index in [1.165, 1.54) is 12.8 Å². The van der Waals surface area contributed by atoms with Crippen molar-refractivity contribution in [3.05, 3.63) is 0 Å². The smallest absolute Gasteiger partial charge is 0.0154 e. The Bertz CT molecular complexity index is 107. The normalized spacial score (nSPS) is 52.0. The van der Waals surface area contributed by atoms with E-state index in [-0.39, 0.29) is 5.54 Å². The summed E-state index contributed by atoms with van der Waals surface area (Å²) in [4.78, 5) is 0. The third-order valence-corrected chi connectivity index (χ3v) is 2.67. The van der Waals surface area contributed by atoms with Crippen LogP contribution in [-0.2, 0) is 0 Å². The molecule has 0 amide bonds. The highest BCUT2D eigenvalue weighted by molar-refractivity contribution is 4.92. The van der Waals surface area contributed by atoms with E-state index in [0.29, 0.717) is 5.92 Å². The Morgan fingerprint density at radius 1 is 1.44 bits per heavy atom. The summed E-state index contributed by atoms with van der Waals surface area (Å²) < 4.78 is 0. The molecule has 0 aromatic heterocycles. The molecule has 9 heavy (non-hydrogen) atoms. The Morgan fingerprint density at radius 2 is 2.00 bits per heavy atom. The standard InChI is InChI=1S/C8H17N/c1-6-4-7(2)8(3,9)5-6/h6-7H,4-5,9H2,1-3H3. The maximum Gasteiger partial charge on any atom is 0.0154 e. The monoisotopic (exact) mass is 127 g/mol. The van der Waals surface area contributed by atoms with Gasteiger partial charge in [0, 0.05) is 5.54 Å². The molecule has 1 aliphatic rings. The van der Waals surface area contributed by atoms with Crippen LogP contribution in [0, 0.1) is 11.8 Å². The molecule has 0 heterocycles. The van der Waals surface area contributed by atoms with Crippen LogP contribution in [0.2, 0.25) is 0 Å². The molecule has 0 aliphatic heterocycles. The van der Waals surface area contributed by atoms with Crippen molar-refractivity contribution >= 4 is 0 Å². The minimum atomic E-state index is 0.124. The van der Waals surface area contributed by atoms with Crippen LogP contribution in [-0.4, -0.2) is 5.54 Å². The lowest BCUT2D eigenvalue weighted by atomic mass is 9.92. The molecule has 1 rings (SSSR count). The Kier molecular flexibility index (Phi) is 1.55. The van der Waals surface area contributed by atoms with Crippen molar-refractivity contribution in [2.24, 2.45) is 17.6 Å². The summed E-state index contributed by atoms with van der Waals surface area (Å²) in [7, 11) is 0. The maximum atomic E-state index is 6.01. The number of hydrogen-bond donors (Lipinski definition) is 1. The molecule has 1 saturated carbocycles. The molecule has 0 aromatic rings. The average Bonchev–Trinajstić information content (AvgIpc) is 1.79. The fraction of sp³-hybridized carbons (Fsp3) is 1.00. The Morgan fingerprint density at radius 3 is 2.11 bits per heavy atom. The summed E-state index contributed by atoms with van der Waals surface area (Å²) >= 11 is 0. The Hall–Kier alpha value is -0.0400. The first-order chi connectivity index (χ1) is 4.02. The van der Waals surface area contributed by atoms with Crippen LogP contribution in [0.1, 0.15) is 33.6 Å². The van der Waals surface area contributed by atoms with E-state index in [1.54, 1.807) is 0 Å². The van der Waals surface area contributed by atoms with Gasteiger partial charge in [-0.15, -0.1) is 0 Å². The summed E-state index contributed by atoms with van der Waals surface area (Å²) in [5, 5.41) is 0. The molecule has 0 aromatic carbocycles. The van der Waals surface area contributed by atoms with Gasteiger partial charge < -0.3 is 5.73 Å². The van der Waals surface area contributed by atoms with Crippen molar-refractivity contribution < 1.29 is 0 Å². The summed E-state index contributed by atoms with van der Waals surface area (Å²) in [6.45, 7) is 6.71. The van der Waals surface area contributed by atoms with Crippen LogP contribution in [0.5, 0.6) is 0 Å². The quantitative estimate of drug-likeness (QED) is 0.527. The van der Waals surface area contributed by atoms with E-state index < -0.39 is 0 Å². The van der Waals surface area contributed by atoms with Crippen molar-refractivity contribution in [1.29, 1.82) is 0 Å². The second-order valence-corrected chi connectivity index (χ2v) is 3.95. The van der Waals surface area contributed by atoms with Gasteiger partial charge in [0.15, 0.2) is 0 Å². The van der Waals surface area contributed by atoms with E-state index in [1.807, 2.05) is 0 Å². The van der Waals surface area contributed by atoms with E-state index in [9.17, 15) is 0 Å². The molecular weight excluding hydrogens is 110 g/mol. The fourth-order valence-electron chi connectivity index (χ4n) is 1.91. The molecule has 3 unspecified atom stereocenters. The first-order valence-corrected chi connectivity index (χ1v) is 3.81. The van der Waals surface area contributed by atoms with Crippen LogP contribution in [0.15, 0.2) is 0 Å². The van der Waals surface area contributed by atoms with Gasteiger partial charge in [-0.3, -0.25) is 0 Å². The van der Waals surface area contributed by atoms with Crippen molar-refractivity contribution in [2.75, 3.05) is 0 Å². The lowest BCUT2D eigenvalue weighted by molar-refractivity contribution is 0.371. The van der Waals surface area contributed by atoms with E-state index >= 15 is 0 Å². The Labute approximate surface area is 57.6 Å². The molecular formula is C8H17N. The van der Waals surface area contributed by atoms with Crippen LogP contribution >= 0.6 is 0 Å². The second kappa shape index (κ2) is 1.98. The zero-order valence-electron chi connectivity index (χ0n) is 6.65. The minimum Gasteiger partial charge on any atom is -0.325 e. The van der Waals surface area contributed by atoms with Crippen LogP contribution < -0.4 is 5.73 Å². The molecule has 1 heteroatoms. The molecule has 1 fully saturated rings. The molecule has 0 saturated heterocycles. The maximum absolute atomic E-state index is 6.01. The Balaban J connectivity index is 2.58. The largest absolute Gasteiger partial charge is 0.325 e. The van der Waals surface area contributed by atoms with Gasteiger partial charge in [0.1, 0.15) is 0 Å². The first kappa shape index (κ1) is 7.07. The van der Waals surface area contributed by atoms with Gasteiger partial charge in [-0.1, -0.05) is 13.8 Å². The van der Waals surface area contributed by atoms with Crippen molar-refractivity contribution in [3.63, 3.8) is 0 Å². The van der Waals surface area contributed by atoms with Gasteiger partial charge in [-0.05, 0) is 31.6 Å². The van der Waals surface area contributed by atoms with Gasteiger partial charge in [0.2, 0.25) is 0 Å². The van der Waals surface area contributed by atoms with Crippen molar-refractivity contribution in [2.45, 2.75) is 39.2 Å². The van der Waals surface area contributed by atoms with Gasteiger partial charge in [-0.25, -0.2) is 0 Å². The van der Waals surface area contributed by atoms with E-state index in [0.717, 1.165) is 5.92 Å². The molecule has 0 radical (unpaired) electrons. The summed E-state index contributed by atoms with van der Waals surface area (Å²) in [6, 6.07) is 0. The molecule has 1 aliphatic carbocycles. The number of rotatable bonds is 0. The molecule has 3 atom stereocenters. The predicted octanol–water partition coefficient (Wildman–Crippen LogP) is 1.77. The molecule has 0 spiro atoms. The molecule has 2 N–H and O–H groups in total. The number of hydrogen-bond acceptors (Lipinski definition) is 1. The van der Waals surface area contributed by atoms with E-state index in [2.05, 4.69) is 20.8 Å². The summed E-state index contributed by atoms with van der Waals surface area (Å²) in [6.07, 6.45) is 2.52. The number of nitrogens with two attached hydrogens (primary N) is 1. The zero-order valence-corrected chi connectivity index (χ0v) is 6.65. The average molecular weight is 127 g/mol. The summed E-state index contributed by atoms with van der Waals surface area (Å²) in [5.41, 5.74) is 6.14. The van der Waals surface area contributed by atoms with Crippen molar-refractivity contribution in [1.82, 2.24) is 0 Å². The second-order valence-electron chi connectivity index (χ2n) is 3.95. The minimum absolute atomic E-state index is 0.124. The zero-order chi connectivity index (χ0) is 7.07. The van der Waals surface area contributed by atoms with Gasteiger partial charge in [0.25, 0.3) is 0 Å². The van der Waals surface area contributed by atoms with E-state index in [4.69, 9.17) is 5.73 Å². The van der Waals surface area contributed by atoms with Gasteiger partial charge >= 0.3 is 0 Å². The SMILES string of the molecule is CC1CC(C)C(C)(N)C1. The topological polar surface area (TPSA) is 26.0 Å². The predicted molar refractivity (Wildman–Crippen MR) is 40.2 cm³/mol. The molecule has 0 bridgehead atoms. The third-order valence-electron chi connectivity index (χ3n) is 2.67. The van der Waals surface area contributed by atoms with Gasteiger partial charge in [-0.2, -0.15) is 0 Å². The first-order valence-electron chi connectivity index (χ1n) is 3.81. The lowest BCUT2D eigenvalue weighted by Crippen LogP contribution is -2.38. The van der Waals surface area contributed by atoms with Gasteiger partial charge in [0.05, 0.1) is 0 Å². The van der Waals surface area contributed by atoms with Crippen LogP contribution in [0.4, 0.5) is 0 Å². The van der Waals surface area contributed by atoms with Crippen LogP contribution in [0.3, 0.4) is 0 Å². The highest BCUT2D eigenvalue weighted by Gasteiger charge is 2.35. The summed E-state index contributed by atoms with van der Waals surface area (Å²) in [5.74, 6) is 1.56. The van der Waals surface area contributed by atoms with Crippen LogP contribution in [0.25, 0.3) is 0 Å². The highest BCUT2D eigenvalue weighted by Crippen LogP contribution is 2.36. The van der Waals surface area contributed by atoms with Crippen molar-refractivity contribution in [3.8, 4) is 0 Å². The third kappa shape index (κ3) is 1.26. The highest BCUT2D eigenvalue weighted by atomic mass is 14.8. The molecule has 1 nitrogen and oxygen atoms in total. The molecule has 54 valence electrons. The lowest BCUT2D eigenvalue weighted by Gasteiger charge is -2.22. The fourth-order valence-corrected chi connectivity index (χ4v) is 1.91.